The van der Waals surface area contributed by atoms with Crippen LogP contribution in [0.15, 0.2) is 67.1 Å². The Balaban J connectivity index is 1.06. The second-order valence-corrected chi connectivity index (χ2v) is 12.9. The minimum absolute atomic E-state index is 0.114. The fourth-order valence-corrected chi connectivity index (χ4v) is 6.43. The van der Waals surface area contributed by atoms with Crippen molar-refractivity contribution >= 4 is 16.9 Å². The fraction of sp³-hybridized carbons (Fsp3) is 0.371. The summed E-state index contributed by atoms with van der Waals surface area (Å²) < 4.78 is 5.62. The molecule has 0 bridgehead atoms. The Bertz CT molecular complexity index is 1760. The van der Waals surface area contributed by atoms with Gasteiger partial charge in [-0.15, -0.1) is 0 Å². The maximum absolute atomic E-state index is 12.8. The highest BCUT2D eigenvalue weighted by Gasteiger charge is 2.34. The number of H-pyrrole nitrogens is 2. The van der Waals surface area contributed by atoms with Gasteiger partial charge >= 0.3 is 6.09 Å². The Hall–Kier alpha value is -4.46. The molecule has 1 saturated carbocycles. The first-order chi connectivity index (χ1) is 20.8. The first-order valence-electron chi connectivity index (χ1n) is 15.4. The fourth-order valence-electron chi connectivity index (χ4n) is 6.43. The lowest BCUT2D eigenvalue weighted by Gasteiger charge is -2.27. The van der Waals surface area contributed by atoms with Crippen LogP contribution in [0.4, 0.5) is 4.79 Å². The summed E-state index contributed by atoms with van der Waals surface area (Å²) in [5.41, 5.74) is 5.52. The number of nitrogens with zero attached hydrogens (tertiary/aromatic N) is 4. The van der Waals surface area contributed by atoms with Crippen LogP contribution in [0.2, 0.25) is 0 Å². The summed E-state index contributed by atoms with van der Waals surface area (Å²) in [4.78, 5) is 35.6. The average molecular weight is 575 g/mol. The summed E-state index contributed by atoms with van der Waals surface area (Å²) in [6.45, 7) is 6.34. The van der Waals surface area contributed by atoms with Gasteiger partial charge < -0.3 is 14.7 Å². The van der Waals surface area contributed by atoms with Crippen molar-refractivity contribution in [1.82, 2.24) is 29.8 Å². The summed E-state index contributed by atoms with van der Waals surface area (Å²) in [6, 6.07) is 17.0. The number of rotatable bonds is 5. The van der Waals surface area contributed by atoms with Gasteiger partial charge in [0.25, 0.3) is 0 Å². The first kappa shape index (κ1) is 27.4. The number of benzene rings is 2. The average Bonchev–Trinajstić information content (AvgIpc) is 3.82. The van der Waals surface area contributed by atoms with E-state index in [0.717, 1.165) is 58.3 Å². The second-order valence-electron chi connectivity index (χ2n) is 12.9. The minimum Gasteiger partial charge on any atom is -0.444 e. The van der Waals surface area contributed by atoms with E-state index < -0.39 is 5.60 Å². The Kier molecular flexibility index (Phi) is 7.00. The van der Waals surface area contributed by atoms with Crippen LogP contribution in [0.3, 0.4) is 0 Å². The Morgan fingerprint density at radius 2 is 1.42 bits per heavy atom. The molecule has 220 valence electrons. The van der Waals surface area contributed by atoms with Crippen LogP contribution in [0.5, 0.6) is 0 Å². The van der Waals surface area contributed by atoms with Gasteiger partial charge in [-0.25, -0.2) is 14.8 Å². The molecule has 4 heterocycles. The number of ether oxygens (including phenoxy) is 1. The van der Waals surface area contributed by atoms with Crippen LogP contribution in [-0.2, 0) is 4.74 Å². The lowest BCUT2D eigenvalue weighted by atomic mass is 10.0. The molecule has 1 saturated heterocycles. The highest BCUT2D eigenvalue weighted by atomic mass is 16.6. The summed E-state index contributed by atoms with van der Waals surface area (Å²) in [5, 5.41) is 2.36. The molecule has 3 aromatic heterocycles. The van der Waals surface area contributed by atoms with Gasteiger partial charge in [0.15, 0.2) is 0 Å². The van der Waals surface area contributed by atoms with Gasteiger partial charge in [0.05, 0.1) is 35.5 Å². The molecule has 1 aliphatic carbocycles. The van der Waals surface area contributed by atoms with Gasteiger partial charge in [-0.2, -0.15) is 0 Å². The van der Waals surface area contributed by atoms with Gasteiger partial charge in [0, 0.05) is 35.3 Å². The second kappa shape index (κ2) is 11.0. The number of likely N-dealkylation sites (tertiary alicyclic amines) is 1. The molecule has 0 unspecified atom stereocenters. The van der Waals surface area contributed by atoms with Crippen LogP contribution in [-0.4, -0.2) is 48.1 Å². The zero-order chi connectivity index (χ0) is 29.6. The molecular formula is C35H38N6O2. The lowest BCUT2D eigenvalue weighted by molar-refractivity contribution is 0.0218. The van der Waals surface area contributed by atoms with Crippen molar-refractivity contribution in [2.24, 2.45) is 0 Å². The molecule has 7 rings (SSSR count). The van der Waals surface area contributed by atoms with Gasteiger partial charge in [0.1, 0.15) is 17.2 Å². The minimum atomic E-state index is -0.529. The molecule has 2 aliphatic rings. The molecule has 2 aromatic carbocycles. The molecule has 2 N–H and O–H groups in total. The maximum atomic E-state index is 12.8. The van der Waals surface area contributed by atoms with Crippen LogP contribution in [0.1, 0.15) is 82.9 Å². The maximum Gasteiger partial charge on any atom is 0.410 e. The van der Waals surface area contributed by atoms with Gasteiger partial charge in [-0.1, -0.05) is 37.1 Å². The van der Waals surface area contributed by atoms with Crippen molar-refractivity contribution in [3.05, 3.63) is 78.8 Å². The molecule has 5 aromatic rings. The van der Waals surface area contributed by atoms with Crippen LogP contribution in [0.25, 0.3) is 44.5 Å². The van der Waals surface area contributed by atoms with E-state index in [1.54, 1.807) is 4.90 Å². The topological polar surface area (TPSA) is 99.8 Å². The van der Waals surface area contributed by atoms with Crippen molar-refractivity contribution < 1.29 is 9.53 Å². The van der Waals surface area contributed by atoms with Crippen LogP contribution < -0.4 is 0 Å². The Labute approximate surface area is 251 Å². The Morgan fingerprint density at radius 1 is 0.767 bits per heavy atom. The molecule has 1 atom stereocenters. The molecule has 8 heteroatoms. The summed E-state index contributed by atoms with van der Waals surface area (Å²) >= 11 is 0. The number of hydrogen-bond acceptors (Lipinski definition) is 5. The van der Waals surface area contributed by atoms with E-state index in [9.17, 15) is 4.79 Å². The van der Waals surface area contributed by atoms with E-state index in [4.69, 9.17) is 9.72 Å². The van der Waals surface area contributed by atoms with Gasteiger partial charge in [0.2, 0.25) is 0 Å². The standard InChI is InChI=1S/C35H38N6O2/c1-35(2,3)43-34(42)41-16-6-9-31(41)33-38-21-30(40-33)27-14-15-28(36-19-27)25-12-10-24-18-26(13-11-23(24)17-25)29-20-37-32(39-29)22-7-4-5-8-22/h10-15,17-22,31H,4-9,16H2,1-3H3,(H,37,39)(H,38,40)/t31-/m0/s1. The highest BCUT2D eigenvalue weighted by molar-refractivity contribution is 5.90. The number of aromatic amines is 2. The van der Waals surface area contributed by atoms with Crippen molar-refractivity contribution in [1.29, 1.82) is 0 Å². The summed E-state index contributed by atoms with van der Waals surface area (Å²) in [7, 11) is 0. The molecule has 0 radical (unpaired) electrons. The Morgan fingerprint density at radius 3 is 2.14 bits per heavy atom. The molecule has 43 heavy (non-hydrogen) atoms. The molecular weight excluding hydrogens is 536 g/mol. The van der Waals surface area contributed by atoms with Crippen LogP contribution in [0, 0.1) is 0 Å². The van der Waals surface area contributed by atoms with E-state index in [-0.39, 0.29) is 12.1 Å². The zero-order valence-electron chi connectivity index (χ0n) is 25.1. The van der Waals surface area contributed by atoms with Crippen molar-refractivity contribution in [2.75, 3.05) is 6.54 Å². The van der Waals surface area contributed by atoms with Gasteiger partial charge in [-0.3, -0.25) is 9.88 Å². The third kappa shape index (κ3) is 5.66. The number of fused-ring (bicyclic) bond motifs is 1. The molecule has 1 amide bonds. The summed E-state index contributed by atoms with van der Waals surface area (Å²) in [5.74, 6) is 2.49. The summed E-state index contributed by atoms with van der Waals surface area (Å²) in [6.07, 6.45) is 12.2. The highest BCUT2D eigenvalue weighted by Crippen LogP contribution is 2.35. The van der Waals surface area contributed by atoms with Crippen LogP contribution >= 0.6 is 0 Å². The number of hydrogen-bond donors (Lipinski definition) is 2. The number of pyridine rings is 1. The molecule has 2 fully saturated rings. The SMILES string of the molecule is CC(C)(C)OC(=O)N1CCC[C@H]1c1ncc(-c2ccc(-c3ccc4cc(-c5cnc(C6CCCC6)[nH]5)ccc4c3)nc2)[nH]1. The number of amides is 1. The molecule has 1 aliphatic heterocycles. The zero-order valence-corrected chi connectivity index (χ0v) is 25.1. The lowest BCUT2D eigenvalue weighted by Crippen LogP contribution is -2.36. The quantitative estimate of drug-likeness (QED) is 0.219. The van der Waals surface area contributed by atoms with E-state index in [0.29, 0.717) is 12.5 Å². The van der Waals surface area contributed by atoms with E-state index >= 15 is 0 Å². The molecule has 0 spiro atoms. The van der Waals surface area contributed by atoms with E-state index in [1.807, 2.05) is 45.4 Å². The van der Waals surface area contributed by atoms with Crippen molar-refractivity contribution in [3.63, 3.8) is 0 Å². The largest absolute Gasteiger partial charge is 0.444 e. The van der Waals surface area contributed by atoms with Crippen molar-refractivity contribution in [2.45, 2.75) is 76.9 Å². The molecule has 8 nitrogen and oxygen atoms in total. The number of aromatic nitrogens is 5. The number of carbonyl (C=O) groups excluding carboxylic acids is 1. The normalized spacial score (nSPS) is 17.7. The predicted molar refractivity (Wildman–Crippen MR) is 168 cm³/mol. The third-order valence-electron chi connectivity index (χ3n) is 8.65. The smallest absolute Gasteiger partial charge is 0.410 e. The monoisotopic (exact) mass is 574 g/mol. The van der Waals surface area contributed by atoms with Gasteiger partial charge in [-0.05, 0) is 81.5 Å². The third-order valence-corrected chi connectivity index (χ3v) is 8.65. The van der Waals surface area contributed by atoms with Crippen molar-refractivity contribution in [3.8, 4) is 33.8 Å². The first-order valence-corrected chi connectivity index (χ1v) is 15.4. The number of imidazole rings is 2. The number of nitrogens with one attached hydrogen (secondary N) is 2. The number of carbonyl (C=O) groups is 1. The van der Waals surface area contributed by atoms with E-state index in [2.05, 4.69) is 62.4 Å². The van der Waals surface area contributed by atoms with E-state index in [1.165, 1.54) is 36.5 Å². The predicted octanol–water partition coefficient (Wildman–Crippen LogP) is 8.41.